The van der Waals surface area contributed by atoms with Crippen LogP contribution in [0.3, 0.4) is 0 Å². The molecule has 5 nitrogen and oxygen atoms in total. The molecule has 0 aromatic heterocycles. The highest BCUT2D eigenvalue weighted by Gasteiger charge is 2.50. The molecule has 176 valence electrons. The number of benzene rings is 2. The second-order valence-electron chi connectivity index (χ2n) is 8.63. The maximum atomic E-state index is 14.3. The molecule has 0 heterocycles. The zero-order valence-electron chi connectivity index (χ0n) is 18.9. The van der Waals surface area contributed by atoms with Gasteiger partial charge < -0.3 is 19.4 Å². The number of rotatable bonds is 10. The predicted molar refractivity (Wildman–Crippen MR) is 135 cm³/mol. The number of alkyl halides is 2. The number of halogens is 2. The van der Waals surface area contributed by atoms with Gasteiger partial charge in [-0.05, 0) is 22.3 Å². The van der Waals surface area contributed by atoms with Crippen LogP contribution in [-0.2, 0) is 14.0 Å². The molecule has 32 heavy (non-hydrogen) atoms. The molecule has 0 aliphatic heterocycles. The van der Waals surface area contributed by atoms with Crippen LogP contribution < -0.4 is 10.4 Å². The molecule has 2 rings (SSSR count). The fourth-order valence-corrected chi connectivity index (χ4v) is 9.34. The van der Waals surface area contributed by atoms with Gasteiger partial charge >= 0.3 is 5.97 Å². The molecule has 0 aliphatic carbocycles. The lowest BCUT2D eigenvalue weighted by atomic mass is 10.1. The van der Waals surface area contributed by atoms with Gasteiger partial charge in [-0.3, -0.25) is 0 Å². The largest absolute Gasteiger partial charge is 0.464 e. The second kappa shape index (κ2) is 11.7. The Morgan fingerprint density at radius 1 is 1.00 bits per heavy atom. The third kappa shape index (κ3) is 5.96. The van der Waals surface area contributed by atoms with Gasteiger partial charge in [0.1, 0.15) is 6.10 Å². The van der Waals surface area contributed by atoms with Crippen molar-refractivity contribution in [3.05, 3.63) is 60.7 Å². The fourth-order valence-electron chi connectivity index (χ4n) is 3.81. The van der Waals surface area contributed by atoms with Crippen molar-refractivity contribution >= 4 is 47.3 Å². The number of esters is 1. The summed E-state index contributed by atoms with van der Waals surface area (Å²) in [5.74, 6) is -1.18. The Balaban J connectivity index is 2.34. The number of ether oxygens (including phenoxy) is 1. The summed E-state index contributed by atoms with van der Waals surface area (Å²) < 4.78 is 24.9. The van der Waals surface area contributed by atoms with E-state index in [1.807, 2.05) is 59.0 Å². The van der Waals surface area contributed by atoms with Crippen LogP contribution in [0.2, 0.25) is 5.04 Å². The number of hydrogen-bond donors (Lipinski definition) is 2. The summed E-state index contributed by atoms with van der Waals surface area (Å²) in [5, 5.41) is 22.6. The third-order valence-electron chi connectivity index (χ3n) is 5.41. The smallest absolute Gasteiger partial charge is 0.343 e. The van der Waals surface area contributed by atoms with E-state index in [4.69, 9.17) is 4.43 Å². The Labute approximate surface area is 204 Å². The molecule has 0 saturated carbocycles. The summed E-state index contributed by atoms with van der Waals surface area (Å²) in [5.41, 5.74) is 0. The first-order chi connectivity index (χ1) is 15.1. The van der Waals surface area contributed by atoms with Gasteiger partial charge in [-0.25, -0.2) is 9.18 Å². The monoisotopic (exact) mass is 574 g/mol. The van der Waals surface area contributed by atoms with Gasteiger partial charge in [0.25, 0.3) is 8.32 Å². The Morgan fingerprint density at radius 3 is 1.88 bits per heavy atom. The zero-order valence-corrected chi connectivity index (χ0v) is 22.0. The molecule has 0 radical (unpaired) electrons. The van der Waals surface area contributed by atoms with Crippen LogP contribution in [0, 0.1) is 0 Å². The van der Waals surface area contributed by atoms with Crippen LogP contribution >= 0.6 is 22.6 Å². The molecule has 2 aromatic carbocycles. The number of carbonyl (C=O) groups excluding carboxylic acids is 1. The van der Waals surface area contributed by atoms with Crippen molar-refractivity contribution in [1.82, 2.24) is 0 Å². The van der Waals surface area contributed by atoms with Crippen LogP contribution in [0.4, 0.5) is 4.39 Å². The Hall–Kier alpha value is -1.33. The average Bonchev–Trinajstić information content (AvgIpc) is 2.78. The average molecular weight is 575 g/mol. The molecule has 0 unspecified atom stereocenters. The highest BCUT2D eigenvalue weighted by molar-refractivity contribution is 14.1. The van der Waals surface area contributed by atoms with Crippen molar-refractivity contribution in [3.63, 3.8) is 0 Å². The maximum absolute atomic E-state index is 14.3. The quantitative estimate of drug-likeness (QED) is 0.198. The minimum atomic E-state index is -2.84. The van der Waals surface area contributed by atoms with E-state index in [-0.39, 0.29) is 18.3 Å². The van der Waals surface area contributed by atoms with Gasteiger partial charge in [-0.2, -0.15) is 0 Å². The molecule has 0 bridgehead atoms. The Kier molecular flexibility index (Phi) is 9.83. The van der Waals surface area contributed by atoms with E-state index in [2.05, 4.69) is 49.8 Å². The molecule has 0 amide bonds. The van der Waals surface area contributed by atoms with Gasteiger partial charge in [0.2, 0.25) is 6.17 Å². The number of carbonyl (C=O) groups is 1. The third-order valence-corrected chi connectivity index (χ3v) is 11.5. The minimum Gasteiger partial charge on any atom is -0.464 e. The molecule has 0 fully saturated rings. The van der Waals surface area contributed by atoms with Crippen molar-refractivity contribution in [2.45, 2.75) is 55.0 Å². The lowest BCUT2D eigenvalue weighted by Crippen LogP contribution is -2.67. The van der Waals surface area contributed by atoms with E-state index in [1.54, 1.807) is 6.92 Å². The van der Waals surface area contributed by atoms with E-state index < -0.39 is 36.6 Å². The van der Waals surface area contributed by atoms with Crippen LogP contribution in [-0.4, -0.2) is 60.0 Å². The summed E-state index contributed by atoms with van der Waals surface area (Å²) in [6.07, 6.45) is -5.73. The Morgan fingerprint density at radius 2 is 1.47 bits per heavy atom. The van der Waals surface area contributed by atoms with Crippen LogP contribution in [0.1, 0.15) is 27.7 Å². The lowest BCUT2D eigenvalue weighted by Gasteiger charge is -2.43. The van der Waals surface area contributed by atoms with Crippen molar-refractivity contribution in [3.8, 4) is 0 Å². The van der Waals surface area contributed by atoms with Crippen molar-refractivity contribution in [2.75, 3.05) is 13.2 Å². The topological polar surface area (TPSA) is 76.0 Å². The first-order valence-corrected chi connectivity index (χ1v) is 13.8. The van der Waals surface area contributed by atoms with Crippen LogP contribution in [0.25, 0.3) is 0 Å². The summed E-state index contributed by atoms with van der Waals surface area (Å²) in [6.45, 7) is 8.00. The van der Waals surface area contributed by atoms with Gasteiger partial charge in [-0.1, -0.05) is 104 Å². The number of hydrogen-bond acceptors (Lipinski definition) is 5. The zero-order chi connectivity index (χ0) is 23.9. The molecule has 2 N–H and O–H groups in total. The molecular formula is C24H32FIO5Si. The molecular weight excluding hydrogens is 542 g/mol. The van der Waals surface area contributed by atoms with E-state index in [1.165, 1.54) is 0 Å². The van der Waals surface area contributed by atoms with Crippen molar-refractivity contribution in [2.24, 2.45) is 0 Å². The molecule has 2 aromatic rings. The molecule has 0 aliphatic rings. The van der Waals surface area contributed by atoms with Gasteiger partial charge in [0, 0.05) is 6.61 Å². The molecule has 8 heteroatoms. The first-order valence-electron chi connectivity index (χ1n) is 10.6. The van der Waals surface area contributed by atoms with E-state index in [0.717, 1.165) is 10.4 Å². The second-order valence-corrected chi connectivity index (χ2v) is 14.5. The standard InChI is InChI=1S/C24H32FIO5Si/c1-5-30-23(29)20(25)22(28)21(27)19(26)16-31-32(24(2,3)4,17-12-8-6-9-13-17)18-14-10-7-11-15-18/h6-15,19-22,27-28H,5,16H2,1-4H3/t19-,20+,21+,22-/m0/s1. The number of aliphatic hydroxyl groups excluding tert-OH is 2. The Bertz CT molecular complexity index is 807. The summed E-state index contributed by atoms with van der Waals surface area (Å²) in [4.78, 5) is 11.6. The molecule has 0 spiro atoms. The van der Waals surface area contributed by atoms with Crippen molar-refractivity contribution < 1.29 is 28.6 Å². The van der Waals surface area contributed by atoms with Crippen LogP contribution in [0.15, 0.2) is 60.7 Å². The van der Waals surface area contributed by atoms with Gasteiger partial charge in [0.05, 0.1) is 16.6 Å². The van der Waals surface area contributed by atoms with Gasteiger partial charge in [-0.15, -0.1) is 0 Å². The first kappa shape index (κ1) is 26.9. The fraction of sp³-hybridized carbons (Fsp3) is 0.458. The minimum absolute atomic E-state index is 0.00724. The van der Waals surface area contributed by atoms with E-state index >= 15 is 0 Å². The predicted octanol–water partition coefficient (Wildman–Crippen LogP) is 2.99. The summed E-state index contributed by atoms with van der Waals surface area (Å²) in [6, 6.07) is 20.0. The summed E-state index contributed by atoms with van der Waals surface area (Å²) in [7, 11) is -2.84. The van der Waals surface area contributed by atoms with Gasteiger partial charge in [0.15, 0.2) is 0 Å². The van der Waals surface area contributed by atoms with E-state index in [9.17, 15) is 19.4 Å². The van der Waals surface area contributed by atoms with Crippen LogP contribution in [0.5, 0.6) is 0 Å². The van der Waals surface area contributed by atoms with E-state index in [0.29, 0.717) is 0 Å². The van der Waals surface area contributed by atoms with Crippen molar-refractivity contribution in [1.29, 1.82) is 0 Å². The highest BCUT2D eigenvalue weighted by atomic mass is 127. The molecule has 4 atom stereocenters. The summed E-state index contributed by atoms with van der Waals surface area (Å²) >= 11 is 1.94. The number of aliphatic hydroxyl groups is 2. The lowest BCUT2D eigenvalue weighted by molar-refractivity contribution is -0.157. The maximum Gasteiger partial charge on any atom is 0.343 e. The highest BCUT2D eigenvalue weighted by Crippen LogP contribution is 2.37. The normalized spacial score (nSPS) is 16.1. The molecule has 0 saturated heterocycles. The SMILES string of the molecule is CCOC(=O)[C@H](F)[C@H](O)[C@H](O)[C@@H](I)CO[Si](c1ccccc1)(c1ccccc1)C(C)(C)C.